The SMILES string of the molecule is Nn1c(SCc2ccc(Cl)cc2)nnc(Nc2ccc(F)cc2)c1=O. The number of thioether (sulfide) groups is 1. The van der Waals surface area contributed by atoms with Gasteiger partial charge in [-0.05, 0) is 42.0 Å². The molecule has 0 fully saturated rings. The lowest BCUT2D eigenvalue weighted by Crippen LogP contribution is -2.32. The van der Waals surface area contributed by atoms with Gasteiger partial charge in [0.1, 0.15) is 5.82 Å². The molecule has 3 N–H and O–H groups in total. The van der Waals surface area contributed by atoms with Gasteiger partial charge in [-0.3, -0.25) is 4.79 Å². The van der Waals surface area contributed by atoms with Crippen molar-refractivity contribution in [3.63, 3.8) is 0 Å². The number of hydrogen-bond acceptors (Lipinski definition) is 6. The Hall–Kier alpha value is -2.58. The van der Waals surface area contributed by atoms with Gasteiger partial charge < -0.3 is 11.2 Å². The molecule has 3 aromatic rings. The Labute approximate surface area is 151 Å². The number of anilines is 2. The number of rotatable bonds is 5. The number of benzene rings is 2. The maximum absolute atomic E-state index is 12.9. The second-order valence-corrected chi connectivity index (χ2v) is 6.43. The van der Waals surface area contributed by atoms with Crippen molar-refractivity contribution in [2.45, 2.75) is 10.9 Å². The molecule has 0 saturated carbocycles. The van der Waals surface area contributed by atoms with Crippen LogP contribution >= 0.6 is 23.4 Å². The van der Waals surface area contributed by atoms with E-state index in [1.54, 1.807) is 12.1 Å². The van der Waals surface area contributed by atoms with Crippen molar-refractivity contribution in [1.29, 1.82) is 0 Å². The third kappa shape index (κ3) is 4.28. The summed E-state index contributed by atoms with van der Waals surface area (Å²) in [6, 6.07) is 12.8. The fourth-order valence-corrected chi connectivity index (χ4v) is 2.89. The summed E-state index contributed by atoms with van der Waals surface area (Å²) in [5, 5.41) is 11.6. The minimum Gasteiger partial charge on any atom is -0.334 e. The molecule has 0 aliphatic heterocycles. The van der Waals surface area contributed by atoms with Crippen LogP contribution in [-0.4, -0.2) is 14.9 Å². The van der Waals surface area contributed by atoms with E-state index in [1.807, 2.05) is 12.1 Å². The van der Waals surface area contributed by atoms with E-state index < -0.39 is 5.56 Å². The van der Waals surface area contributed by atoms with Crippen LogP contribution in [0.4, 0.5) is 15.9 Å². The summed E-state index contributed by atoms with van der Waals surface area (Å²) in [5.41, 5.74) is 0.990. The van der Waals surface area contributed by atoms with Crippen LogP contribution in [0.3, 0.4) is 0 Å². The summed E-state index contributed by atoms with van der Waals surface area (Å²) in [6.45, 7) is 0. The molecule has 25 heavy (non-hydrogen) atoms. The highest BCUT2D eigenvalue weighted by atomic mass is 35.5. The van der Waals surface area contributed by atoms with Crippen molar-refractivity contribution in [1.82, 2.24) is 14.9 Å². The number of nitrogens with one attached hydrogen (secondary N) is 1. The van der Waals surface area contributed by atoms with Crippen molar-refractivity contribution in [3.8, 4) is 0 Å². The Kier molecular flexibility index (Phi) is 5.20. The number of nitrogens with zero attached hydrogens (tertiary/aromatic N) is 3. The smallest absolute Gasteiger partial charge is 0.315 e. The molecule has 0 radical (unpaired) electrons. The summed E-state index contributed by atoms with van der Waals surface area (Å²) in [4.78, 5) is 12.3. The lowest BCUT2D eigenvalue weighted by atomic mass is 10.2. The van der Waals surface area contributed by atoms with Crippen LogP contribution in [0.15, 0.2) is 58.5 Å². The van der Waals surface area contributed by atoms with Crippen LogP contribution in [0, 0.1) is 5.82 Å². The van der Waals surface area contributed by atoms with Gasteiger partial charge in [-0.25, -0.2) is 4.39 Å². The Bertz CT molecular complexity index is 931. The summed E-state index contributed by atoms with van der Waals surface area (Å²) >= 11 is 7.13. The molecule has 0 aliphatic carbocycles. The van der Waals surface area contributed by atoms with Crippen LogP contribution in [0.2, 0.25) is 5.02 Å². The monoisotopic (exact) mass is 377 g/mol. The molecule has 0 bridgehead atoms. The maximum Gasteiger partial charge on any atom is 0.315 e. The van der Waals surface area contributed by atoms with Gasteiger partial charge in [-0.1, -0.05) is 35.5 Å². The average molecular weight is 378 g/mol. The molecular weight excluding hydrogens is 365 g/mol. The zero-order chi connectivity index (χ0) is 17.8. The highest BCUT2D eigenvalue weighted by Crippen LogP contribution is 2.20. The number of nitrogens with two attached hydrogens (primary N) is 1. The zero-order valence-electron chi connectivity index (χ0n) is 12.8. The highest BCUT2D eigenvalue weighted by molar-refractivity contribution is 7.98. The van der Waals surface area contributed by atoms with Crippen molar-refractivity contribution < 1.29 is 4.39 Å². The summed E-state index contributed by atoms with van der Waals surface area (Å²) in [7, 11) is 0. The number of nitrogen functional groups attached to an aromatic ring is 1. The van der Waals surface area contributed by atoms with Gasteiger partial charge in [-0.15, -0.1) is 10.2 Å². The van der Waals surface area contributed by atoms with E-state index in [0.717, 1.165) is 10.2 Å². The molecule has 6 nitrogen and oxygen atoms in total. The molecule has 1 heterocycles. The van der Waals surface area contributed by atoms with Gasteiger partial charge in [0, 0.05) is 16.5 Å². The average Bonchev–Trinajstić information content (AvgIpc) is 2.61. The first kappa shape index (κ1) is 17.2. The largest absolute Gasteiger partial charge is 0.334 e. The lowest BCUT2D eigenvalue weighted by Gasteiger charge is -2.09. The predicted octanol–water partition coefficient (Wildman–Crippen LogP) is 3.18. The van der Waals surface area contributed by atoms with Gasteiger partial charge in [-0.2, -0.15) is 4.68 Å². The zero-order valence-corrected chi connectivity index (χ0v) is 14.4. The maximum atomic E-state index is 12.9. The second-order valence-electron chi connectivity index (χ2n) is 5.05. The Morgan fingerprint density at radius 3 is 2.48 bits per heavy atom. The van der Waals surface area contributed by atoms with E-state index in [2.05, 4.69) is 15.5 Å². The molecule has 9 heteroatoms. The standard InChI is InChI=1S/C16H13ClFN5OS/c17-11-3-1-10(2-4-11)9-25-16-22-21-14(15(24)23(16)19)20-13-7-5-12(18)6-8-13/h1-8H,9,19H2,(H,20,21). The topological polar surface area (TPSA) is 85.8 Å². The molecule has 0 amide bonds. The Morgan fingerprint density at radius 2 is 1.80 bits per heavy atom. The van der Waals surface area contributed by atoms with E-state index in [1.165, 1.54) is 36.0 Å². The molecule has 3 rings (SSSR count). The van der Waals surface area contributed by atoms with Crippen molar-refractivity contribution in [2.75, 3.05) is 11.2 Å². The third-order valence-corrected chi connectivity index (χ3v) is 4.52. The first-order chi connectivity index (χ1) is 12.0. The minimum absolute atomic E-state index is 0.0371. The molecule has 1 aromatic heterocycles. The summed E-state index contributed by atoms with van der Waals surface area (Å²) in [5.74, 6) is 5.96. The molecule has 2 aromatic carbocycles. The molecule has 128 valence electrons. The van der Waals surface area contributed by atoms with Gasteiger partial charge >= 0.3 is 5.56 Å². The molecule has 0 spiro atoms. The van der Waals surface area contributed by atoms with E-state index in [9.17, 15) is 9.18 Å². The number of hydrogen-bond donors (Lipinski definition) is 2. The normalized spacial score (nSPS) is 10.6. The van der Waals surface area contributed by atoms with Crippen LogP contribution < -0.4 is 16.7 Å². The predicted molar refractivity (Wildman–Crippen MR) is 97.1 cm³/mol. The van der Waals surface area contributed by atoms with Gasteiger partial charge in [0.05, 0.1) is 0 Å². The van der Waals surface area contributed by atoms with Gasteiger partial charge in [0.2, 0.25) is 11.0 Å². The van der Waals surface area contributed by atoms with Crippen LogP contribution in [0.5, 0.6) is 0 Å². The van der Waals surface area contributed by atoms with Crippen LogP contribution in [0.25, 0.3) is 0 Å². The van der Waals surface area contributed by atoms with Crippen molar-refractivity contribution in [3.05, 3.63) is 75.3 Å². The quantitative estimate of drug-likeness (QED) is 0.524. The lowest BCUT2D eigenvalue weighted by molar-refractivity contribution is 0.628. The first-order valence-electron chi connectivity index (χ1n) is 7.17. The van der Waals surface area contributed by atoms with Crippen molar-refractivity contribution in [2.24, 2.45) is 0 Å². The molecule has 0 unspecified atom stereocenters. The van der Waals surface area contributed by atoms with Gasteiger partial charge in [0.25, 0.3) is 0 Å². The van der Waals surface area contributed by atoms with E-state index in [4.69, 9.17) is 17.4 Å². The first-order valence-corrected chi connectivity index (χ1v) is 8.54. The molecule has 0 aliphatic rings. The second kappa shape index (κ2) is 7.54. The van der Waals surface area contributed by atoms with Crippen LogP contribution in [0.1, 0.15) is 5.56 Å². The van der Waals surface area contributed by atoms with Crippen LogP contribution in [-0.2, 0) is 5.75 Å². The third-order valence-electron chi connectivity index (χ3n) is 3.25. The van der Waals surface area contributed by atoms with Crippen molar-refractivity contribution >= 4 is 34.9 Å². The Morgan fingerprint density at radius 1 is 1.12 bits per heavy atom. The van der Waals surface area contributed by atoms with E-state index in [0.29, 0.717) is 16.5 Å². The van der Waals surface area contributed by atoms with E-state index in [-0.39, 0.29) is 16.8 Å². The fraction of sp³-hybridized carbons (Fsp3) is 0.0625. The number of halogens is 2. The highest BCUT2D eigenvalue weighted by Gasteiger charge is 2.11. The van der Waals surface area contributed by atoms with Gasteiger partial charge in [0.15, 0.2) is 0 Å². The summed E-state index contributed by atoms with van der Waals surface area (Å²) in [6.07, 6.45) is 0. The Balaban J connectivity index is 1.74. The van der Waals surface area contributed by atoms with E-state index >= 15 is 0 Å². The molecular formula is C16H13ClFN5OS. The molecule has 0 atom stereocenters. The summed E-state index contributed by atoms with van der Waals surface area (Å²) < 4.78 is 13.8. The minimum atomic E-state index is -0.530. The number of aromatic nitrogens is 3. The molecule has 0 saturated heterocycles. The fourth-order valence-electron chi connectivity index (χ4n) is 1.96.